The summed E-state index contributed by atoms with van der Waals surface area (Å²) in [5.41, 5.74) is 2.99. The van der Waals surface area contributed by atoms with E-state index in [1.54, 1.807) is 0 Å². The molecule has 0 aromatic heterocycles. The van der Waals surface area contributed by atoms with E-state index in [4.69, 9.17) is 0 Å². The molecule has 1 aromatic rings. The van der Waals surface area contributed by atoms with E-state index in [2.05, 4.69) is 69.1 Å². The van der Waals surface area contributed by atoms with E-state index in [9.17, 15) is 0 Å². The number of hydrogen-bond acceptors (Lipinski definition) is 2. The van der Waals surface area contributed by atoms with E-state index in [0.717, 1.165) is 13.1 Å². The first-order valence-corrected chi connectivity index (χ1v) is 6.91. The van der Waals surface area contributed by atoms with Crippen LogP contribution >= 0.6 is 0 Å². The van der Waals surface area contributed by atoms with E-state index >= 15 is 0 Å². The Morgan fingerprint density at radius 3 is 2.50 bits per heavy atom. The lowest BCUT2D eigenvalue weighted by Gasteiger charge is -2.49. The predicted octanol–water partition coefficient (Wildman–Crippen LogP) is 3.35. The van der Waals surface area contributed by atoms with E-state index in [1.807, 2.05) is 0 Å². The first-order chi connectivity index (χ1) is 8.33. The highest BCUT2D eigenvalue weighted by molar-refractivity contribution is 5.53. The maximum atomic E-state index is 3.57. The average molecular weight is 246 g/mol. The molecule has 1 saturated heterocycles. The zero-order chi connectivity index (χ0) is 13.4. The minimum atomic E-state index is 0.133. The molecule has 1 aliphatic rings. The highest BCUT2D eigenvalue weighted by Crippen LogP contribution is 2.35. The van der Waals surface area contributed by atoms with E-state index < -0.39 is 0 Å². The highest BCUT2D eigenvalue weighted by Gasteiger charge is 2.39. The fraction of sp³-hybridized carbons (Fsp3) is 0.625. The van der Waals surface area contributed by atoms with Gasteiger partial charge >= 0.3 is 0 Å². The zero-order valence-electron chi connectivity index (χ0n) is 12.4. The van der Waals surface area contributed by atoms with Crippen molar-refractivity contribution in [2.75, 3.05) is 18.0 Å². The molecule has 1 aromatic carbocycles. The topological polar surface area (TPSA) is 15.3 Å². The highest BCUT2D eigenvalue weighted by atomic mass is 15.3. The van der Waals surface area contributed by atoms with Gasteiger partial charge < -0.3 is 10.2 Å². The summed E-state index contributed by atoms with van der Waals surface area (Å²) in [6.45, 7) is 13.7. The number of aryl methyl sites for hydroxylation is 1. The maximum absolute atomic E-state index is 3.57. The first-order valence-electron chi connectivity index (χ1n) is 6.91. The van der Waals surface area contributed by atoms with Crippen LogP contribution in [0.1, 0.15) is 39.7 Å². The quantitative estimate of drug-likeness (QED) is 0.817. The maximum Gasteiger partial charge on any atom is 0.0475 e. The summed E-state index contributed by atoms with van der Waals surface area (Å²) in [5.74, 6) is 0. The van der Waals surface area contributed by atoms with Crippen molar-refractivity contribution in [1.29, 1.82) is 0 Å². The third-order valence-corrected chi connectivity index (χ3v) is 3.94. The molecular weight excluding hydrogens is 220 g/mol. The van der Waals surface area contributed by atoms with Gasteiger partial charge in [0.2, 0.25) is 0 Å². The van der Waals surface area contributed by atoms with Gasteiger partial charge in [0, 0.05) is 23.3 Å². The molecule has 0 aliphatic carbocycles. The Morgan fingerprint density at radius 2 is 1.83 bits per heavy atom. The number of rotatable bonds is 1. The molecule has 1 fully saturated rings. The summed E-state index contributed by atoms with van der Waals surface area (Å²) in [6.07, 6.45) is 1.17. The van der Waals surface area contributed by atoms with Crippen molar-refractivity contribution in [3.05, 3.63) is 29.8 Å². The van der Waals surface area contributed by atoms with Crippen molar-refractivity contribution < 1.29 is 0 Å². The molecule has 2 nitrogen and oxygen atoms in total. The molecule has 0 bridgehead atoms. The van der Waals surface area contributed by atoms with Crippen LogP contribution in [0.2, 0.25) is 0 Å². The van der Waals surface area contributed by atoms with Crippen molar-refractivity contribution >= 4 is 5.69 Å². The molecule has 1 aliphatic heterocycles. The molecule has 0 saturated carbocycles. The number of hydrogen-bond donors (Lipinski definition) is 1. The summed E-state index contributed by atoms with van der Waals surface area (Å²) in [7, 11) is 0. The van der Waals surface area contributed by atoms with Gasteiger partial charge in [0.15, 0.2) is 0 Å². The van der Waals surface area contributed by atoms with Crippen LogP contribution < -0.4 is 10.2 Å². The summed E-state index contributed by atoms with van der Waals surface area (Å²) < 4.78 is 0. The van der Waals surface area contributed by atoms with Crippen LogP contribution in [-0.2, 0) is 0 Å². The monoisotopic (exact) mass is 246 g/mol. The smallest absolute Gasteiger partial charge is 0.0475 e. The number of anilines is 1. The van der Waals surface area contributed by atoms with Gasteiger partial charge in [-0.05, 0) is 65.3 Å². The molecule has 0 radical (unpaired) electrons. The molecule has 18 heavy (non-hydrogen) atoms. The fourth-order valence-electron chi connectivity index (χ4n) is 3.26. The van der Waals surface area contributed by atoms with Crippen LogP contribution in [-0.4, -0.2) is 24.2 Å². The van der Waals surface area contributed by atoms with Gasteiger partial charge in [-0.2, -0.15) is 0 Å². The number of benzene rings is 1. The normalized spacial score (nSPS) is 22.6. The van der Waals surface area contributed by atoms with Crippen LogP contribution in [0.4, 0.5) is 5.69 Å². The Bertz CT molecular complexity index is 403. The van der Waals surface area contributed by atoms with E-state index in [-0.39, 0.29) is 11.1 Å². The molecule has 1 N–H and O–H groups in total. The lowest BCUT2D eigenvalue weighted by molar-refractivity contribution is 0.357. The van der Waals surface area contributed by atoms with Crippen LogP contribution in [0.5, 0.6) is 0 Å². The molecule has 2 rings (SSSR count). The Morgan fingerprint density at radius 1 is 1.11 bits per heavy atom. The van der Waals surface area contributed by atoms with Gasteiger partial charge in [0.1, 0.15) is 0 Å². The van der Waals surface area contributed by atoms with Gasteiger partial charge in [-0.25, -0.2) is 0 Å². The molecule has 1 heterocycles. The Balaban J connectivity index is 2.47. The number of nitrogens with one attached hydrogen (secondary N) is 1. The van der Waals surface area contributed by atoms with E-state index in [0.29, 0.717) is 0 Å². The molecule has 0 amide bonds. The van der Waals surface area contributed by atoms with Crippen LogP contribution in [0.15, 0.2) is 24.3 Å². The van der Waals surface area contributed by atoms with Gasteiger partial charge in [-0.3, -0.25) is 0 Å². The van der Waals surface area contributed by atoms with Gasteiger partial charge in [-0.15, -0.1) is 0 Å². The van der Waals surface area contributed by atoms with Crippen molar-refractivity contribution in [3.63, 3.8) is 0 Å². The van der Waals surface area contributed by atoms with Crippen LogP contribution in [0, 0.1) is 6.92 Å². The minimum absolute atomic E-state index is 0.133. The van der Waals surface area contributed by atoms with E-state index in [1.165, 1.54) is 17.7 Å². The molecule has 0 unspecified atom stereocenters. The van der Waals surface area contributed by atoms with Gasteiger partial charge in [0.05, 0.1) is 0 Å². The standard InChI is InChI=1S/C16H26N2/c1-13-7-6-8-14(11-13)18-15(2,3)9-10-17-12-16(18,4)5/h6-8,11,17H,9-10,12H2,1-5H3. The van der Waals surface area contributed by atoms with Crippen LogP contribution in [0.3, 0.4) is 0 Å². The van der Waals surface area contributed by atoms with Gasteiger partial charge in [-0.1, -0.05) is 12.1 Å². The third-order valence-electron chi connectivity index (χ3n) is 3.94. The average Bonchev–Trinajstić information content (AvgIpc) is 2.33. The predicted molar refractivity (Wildman–Crippen MR) is 79.3 cm³/mol. The lowest BCUT2D eigenvalue weighted by atomic mass is 9.91. The second kappa shape index (κ2) is 4.58. The van der Waals surface area contributed by atoms with Crippen molar-refractivity contribution in [2.45, 2.75) is 52.1 Å². The first kappa shape index (κ1) is 13.4. The molecule has 0 spiro atoms. The van der Waals surface area contributed by atoms with Crippen molar-refractivity contribution in [2.24, 2.45) is 0 Å². The molecule has 0 atom stereocenters. The van der Waals surface area contributed by atoms with Crippen molar-refractivity contribution in [3.8, 4) is 0 Å². The summed E-state index contributed by atoms with van der Waals surface area (Å²) in [5, 5.41) is 3.57. The SMILES string of the molecule is Cc1cccc(N2C(C)(C)CCNCC2(C)C)c1. The largest absolute Gasteiger partial charge is 0.360 e. The van der Waals surface area contributed by atoms with Crippen LogP contribution in [0.25, 0.3) is 0 Å². The molecule has 2 heteroatoms. The molecular formula is C16H26N2. The molecule has 100 valence electrons. The summed E-state index contributed by atoms with van der Waals surface area (Å²) in [4.78, 5) is 2.59. The Kier molecular flexibility index (Phi) is 3.41. The lowest BCUT2D eigenvalue weighted by Crippen LogP contribution is -2.57. The Hall–Kier alpha value is -1.02. The fourth-order valence-corrected chi connectivity index (χ4v) is 3.26. The second-order valence-corrected chi connectivity index (χ2v) is 6.73. The summed E-state index contributed by atoms with van der Waals surface area (Å²) in [6, 6.07) is 8.87. The number of nitrogens with zero attached hydrogens (tertiary/aromatic N) is 1. The van der Waals surface area contributed by atoms with Crippen molar-refractivity contribution in [1.82, 2.24) is 5.32 Å². The second-order valence-electron chi connectivity index (χ2n) is 6.73. The zero-order valence-corrected chi connectivity index (χ0v) is 12.4. The minimum Gasteiger partial charge on any atom is -0.360 e. The Labute approximate surface area is 111 Å². The third kappa shape index (κ3) is 2.54. The summed E-state index contributed by atoms with van der Waals surface area (Å²) >= 11 is 0. The van der Waals surface area contributed by atoms with Gasteiger partial charge in [0.25, 0.3) is 0 Å².